The summed E-state index contributed by atoms with van der Waals surface area (Å²) in [7, 11) is 0. The molecule has 1 saturated heterocycles. The smallest absolute Gasteiger partial charge is 0.261 e. The Bertz CT molecular complexity index is 669. The van der Waals surface area contributed by atoms with Crippen molar-refractivity contribution in [3.8, 4) is 10.4 Å². The van der Waals surface area contributed by atoms with Crippen LogP contribution in [0.2, 0.25) is 5.02 Å². The third kappa shape index (κ3) is 5.97. The van der Waals surface area contributed by atoms with E-state index in [-0.39, 0.29) is 18.3 Å². The molecule has 1 aromatic carbocycles. The predicted molar refractivity (Wildman–Crippen MR) is 108 cm³/mol. The second-order valence-corrected chi connectivity index (χ2v) is 7.39. The molecule has 3 rings (SSSR count). The van der Waals surface area contributed by atoms with Crippen LogP contribution in [0.1, 0.15) is 16.1 Å². The van der Waals surface area contributed by atoms with Gasteiger partial charge in [0.25, 0.3) is 5.91 Å². The van der Waals surface area contributed by atoms with Crippen LogP contribution in [0.15, 0.2) is 36.4 Å². The van der Waals surface area contributed by atoms with Crippen LogP contribution in [0.25, 0.3) is 10.4 Å². The van der Waals surface area contributed by atoms with Crippen molar-refractivity contribution in [2.45, 2.75) is 6.42 Å². The summed E-state index contributed by atoms with van der Waals surface area (Å²) in [5.74, 6) is 0.0144. The van der Waals surface area contributed by atoms with Gasteiger partial charge in [0.1, 0.15) is 0 Å². The van der Waals surface area contributed by atoms with Gasteiger partial charge in [0.15, 0.2) is 0 Å². The van der Waals surface area contributed by atoms with Gasteiger partial charge in [-0.1, -0.05) is 23.7 Å². The van der Waals surface area contributed by atoms with Gasteiger partial charge in [-0.3, -0.25) is 4.79 Å². The molecule has 2 aromatic rings. The van der Waals surface area contributed by atoms with Crippen molar-refractivity contribution in [1.82, 2.24) is 15.5 Å². The number of amides is 1. The fourth-order valence-corrected chi connectivity index (χ4v) is 3.81. The van der Waals surface area contributed by atoms with E-state index in [0.717, 1.165) is 66.0 Å². The van der Waals surface area contributed by atoms with E-state index in [1.807, 2.05) is 36.4 Å². The van der Waals surface area contributed by atoms with Crippen LogP contribution in [0.3, 0.4) is 0 Å². The third-order valence-electron chi connectivity index (χ3n) is 4.10. The lowest BCUT2D eigenvalue weighted by Gasteiger charge is -2.27. The minimum Gasteiger partial charge on any atom is -0.351 e. The van der Waals surface area contributed by atoms with Crippen LogP contribution in [0, 0.1) is 0 Å². The maximum atomic E-state index is 12.2. The number of carbonyl (C=O) groups is 1. The van der Waals surface area contributed by atoms with E-state index in [9.17, 15) is 4.79 Å². The summed E-state index contributed by atoms with van der Waals surface area (Å²) in [5.41, 5.74) is 1.09. The highest BCUT2D eigenvalue weighted by atomic mass is 35.5. The highest BCUT2D eigenvalue weighted by molar-refractivity contribution is 7.17. The Hall–Kier alpha value is -1.11. The molecule has 0 aliphatic carbocycles. The molecule has 4 nitrogen and oxygen atoms in total. The van der Waals surface area contributed by atoms with Gasteiger partial charge in [0.2, 0.25) is 0 Å². The zero-order valence-electron chi connectivity index (χ0n) is 14.0. The highest BCUT2D eigenvalue weighted by Gasteiger charge is 2.11. The molecule has 0 atom stereocenters. The van der Waals surface area contributed by atoms with Crippen LogP contribution in [0.4, 0.5) is 0 Å². The molecule has 1 fully saturated rings. The molecule has 1 aromatic heterocycles. The number of nitrogens with zero attached hydrogens (tertiary/aromatic N) is 1. The van der Waals surface area contributed by atoms with Gasteiger partial charge in [-0.05, 0) is 42.8 Å². The Morgan fingerprint density at radius 3 is 2.60 bits per heavy atom. The van der Waals surface area contributed by atoms with Gasteiger partial charge in [-0.15, -0.1) is 23.7 Å². The zero-order chi connectivity index (χ0) is 16.8. The van der Waals surface area contributed by atoms with Crippen molar-refractivity contribution in [3.63, 3.8) is 0 Å². The molecule has 136 valence electrons. The van der Waals surface area contributed by atoms with Gasteiger partial charge in [-0.25, -0.2) is 0 Å². The maximum absolute atomic E-state index is 12.2. The van der Waals surface area contributed by atoms with E-state index < -0.39 is 0 Å². The van der Waals surface area contributed by atoms with Crippen molar-refractivity contribution >= 4 is 41.3 Å². The number of hydrogen-bond donors (Lipinski definition) is 2. The normalized spacial score (nSPS) is 14.8. The molecule has 0 bridgehead atoms. The molecule has 0 unspecified atom stereocenters. The molecule has 0 radical (unpaired) electrons. The van der Waals surface area contributed by atoms with E-state index in [1.54, 1.807) is 0 Å². The predicted octanol–water partition coefficient (Wildman–Crippen LogP) is 3.52. The van der Waals surface area contributed by atoms with Crippen molar-refractivity contribution in [2.24, 2.45) is 0 Å². The van der Waals surface area contributed by atoms with E-state index in [0.29, 0.717) is 0 Å². The second-order valence-electron chi connectivity index (χ2n) is 5.87. The van der Waals surface area contributed by atoms with Crippen LogP contribution in [-0.4, -0.2) is 50.1 Å². The van der Waals surface area contributed by atoms with Gasteiger partial charge in [-0.2, -0.15) is 0 Å². The van der Waals surface area contributed by atoms with Gasteiger partial charge in [0.05, 0.1) is 4.88 Å². The topological polar surface area (TPSA) is 44.4 Å². The fourth-order valence-electron chi connectivity index (χ4n) is 2.76. The van der Waals surface area contributed by atoms with Crippen LogP contribution < -0.4 is 10.6 Å². The molecule has 2 N–H and O–H groups in total. The lowest BCUT2D eigenvalue weighted by atomic mass is 10.2. The van der Waals surface area contributed by atoms with E-state index in [2.05, 4.69) is 15.5 Å². The number of piperazine rings is 1. The lowest BCUT2D eigenvalue weighted by molar-refractivity contribution is 0.0955. The first kappa shape index (κ1) is 20.2. The molecule has 1 aliphatic rings. The summed E-state index contributed by atoms with van der Waals surface area (Å²) in [6.07, 6.45) is 0.987. The second kappa shape index (κ2) is 10.1. The number of halogens is 2. The van der Waals surface area contributed by atoms with Gasteiger partial charge in [0, 0.05) is 42.6 Å². The maximum Gasteiger partial charge on any atom is 0.261 e. The fraction of sp³-hybridized carbons (Fsp3) is 0.389. The Labute approximate surface area is 164 Å². The van der Waals surface area contributed by atoms with E-state index in [4.69, 9.17) is 11.6 Å². The van der Waals surface area contributed by atoms with E-state index in [1.165, 1.54) is 11.3 Å². The van der Waals surface area contributed by atoms with Crippen molar-refractivity contribution in [3.05, 3.63) is 46.3 Å². The van der Waals surface area contributed by atoms with Crippen molar-refractivity contribution < 1.29 is 4.79 Å². The van der Waals surface area contributed by atoms with Crippen LogP contribution in [0.5, 0.6) is 0 Å². The first-order chi connectivity index (χ1) is 11.7. The molecule has 0 saturated carbocycles. The average molecular weight is 400 g/mol. The minimum atomic E-state index is 0. The van der Waals surface area contributed by atoms with Gasteiger partial charge < -0.3 is 15.5 Å². The molecular weight excluding hydrogens is 377 g/mol. The van der Waals surface area contributed by atoms with Crippen molar-refractivity contribution in [1.29, 1.82) is 0 Å². The Morgan fingerprint density at radius 2 is 1.88 bits per heavy atom. The van der Waals surface area contributed by atoms with Crippen LogP contribution >= 0.6 is 35.3 Å². The summed E-state index contributed by atoms with van der Waals surface area (Å²) in [5, 5.41) is 7.09. The van der Waals surface area contributed by atoms with Crippen molar-refractivity contribution in [2.75, 3.05) is 39.3 Å². The quantitative estimate of drug-likeness (QED) is 0.730. The number of rotatable bonds is 6. The molecule has 1 amide bonds. The molecule has 1 aliphatic heterocycles. The molecular formula is C18H23Cl2N3OS. The molecule has 7 heteroatoms. The first-order valence-electron chi connectivity index (χ1n) is 8.29. The summed E-state index contributed by atoms with van der Waals surface area (Å²) in [4.78, 5) is 16.5. The zero-order valence-corrected chi connectivity index (χ0v) is 16.4. The van der Waals surface area contributed by atoms with Crippen LogP contribution in [-0.2, 0) is 0 Å². The SMILES string of the molecule is Cl.O=C(NCCCN1CCNCC1)c1ccc(-c2ccc(Cl)cc2)s1. The highest BCUT2D eigenvalue weighted by Crippen LogP contribution is 2.28. The first-order valence-corrected chi connectivity index (χ1v) is 9.49. The van der Waals surface area contributed by atoms with Gasteiger partial charge >= 0.3 is 0 Å². The molecule has 25 heavy (non-hydrogen) atoms. The molecule has 0 spiro atoms. The number of thiophene rings is 1. The Balaban J connectivity index is 0.00000225. The standard InChI is InChI=1S/C18H22ClN3OS.ClH/c19-15-4-2-14(3-5-15)16-6-7-17(24-16)18(23)21-8-1-11-22-12-9-20-10-13-22;/h2-7,20H,1,8-13H2,(H,21,23);1H. The Morgan fingerprint density at radius 1 is 1.16 bits per heavy atom. The largest absolute Gasteiger partial charge is 0.351 e. The monoisotopic (exact) mass is 399 g/mol. The number of hydrogen-bond acceptors (Lipinski definition) is 4. The minimum absolute atomic E-state index is 0. The number of carbonyl (C=O) groups excluding carboxylic acids is 1. The Kier molecular flexibility index (Phi) is 8.19. The molecule has 2 heterocycles. The third-order valence-corrected chi connectivity index (χ3v) is 5.49. The summed E-state index contributed by atoms with van der Waals surface area (Å²) >= 11 is 7.43. The summed E-state index contributed by atoms with van der Waals surface area (Å²) < 4.78 is 0. The average Bonchev–Trinajstić information content (AvgIpc) is 3.10. The summed E-state index contributed by atoms with van der Waals surface area (Å²) in [6, 6.07) is 11.6. The van der Waals surface area contributed by atoms with E-state index >= 15 is 0 Å². The lowest BCUT2D eigenvalue weighted by Crippen LogP contribution is -2.44. The summed E-state index contributed by atoms with van der Waals surface area (Å²) in [6.45, 7) is 6.09. The number of nitrogens with one attached hydrogen (secondary N) is 2. The number of benzene rings is 1.